The SMILES string of the molecule is O=S([O-])CBr.c1cc2ccc1-2. The Morgan fingerprint density at radius 2 is 1.55 bits per heavy atom. The van der Waals surface area contributed by atoms with Gasteiger partial charge in [-0.15, -0.1) is 0 Å². The molecule has 0 aliphatic heterocycles. The van der Waals surface area contributed by atoms with Crippen LogP contribution in [0.5, 0.6) is 0 Å². The van der Waals surface area contributed by atoms with Crippen molar-refractivity contribution >= 4 is 27.0 Å². The van der Waals surface area contributed by atoms with Gasteiger partial charge in [-0.3, -0.25) is 4.21 Å². The Morgan fingerprint density at radius 1 is 1.27 bits per heavy atom. The quantitative estimate of drug-likeness (QED) is 0.558. The lowest BCUT2D eigenvalue weighted by Crippen LogP contribution is -1.85. The third-order valence-corrected chi connectivity index (χ3v) is 2.61. The first-order chi connectivity index (χ1) is 5.24. The summed E-state index contributed by atoms with van der Waals surface area (Å²) in [6.45, 7) is 0. The van der Waals surface area contributed by atoms with E-state index in [9.17, 15) is 8.76 Å². The van der Waals surface area contributed by atoms with Crippen LogP contribution in [-0.2, 0) is 11.1 Å². The Labute approximate surface area is 76.0 Å². The topological polar surface area (TPSA) is 40.1 Å². The summed E-state index contributed by atoms with van der Waals surface area (Å²) in [6, 6.07) is 8.48. The largest absolute Gasteiger partial charge is 0.772 e. The zero-order valence-electron chi connectivity index (χ0n) is 5.62. The van der Waals surface area contributed by atoms with Crippen molar-refractivity contribution in [2.75, 3.05) is 4.66 Å². The van der Waals surface area contributed by atoms with Crippen molar-refractivity contribution < 1.29 is 8.76 Å². The molecule has 2 aliphatic rings. The monoisotopic (exact) mass is 233 g/mol. The van der Waals surface area contributed by atoms with Gasteiger partial charge in [-0.25, -0.2) is 0 Å². The molecule has 0 aromatic heterocycles. The van der Waals surface area contributed by atoms with Crippen molar-refractivity contribution in [1.29, 1.82) is 0 Å². The van der Waals surface area contributed by atoms with Crippen LogP contribution in [0.2, 0.25) is 0 Å². The van der Waals surface area contributed by atoms with Crippen molar-refractivity contribution in [2.45, 2.75) is 0 Å². The summed E-state index contributed by atoms with van der Waals surface area (Å²) in [6.07, 6.45) is 0. The molecule has 2 nitrogen and oxygen atoms in total. The third kappa shape index (κ3) is 2.39. The van der Waals surface area contributed by atoms with E-state index < -0.39 is 11.1 Å². The van der Waals surface area contributed by atoms with E-state index in [2.05, 4.69) is 40.2 Å². The Bertz CT molecular complexity index is 237. The highest BCUT2D eigenvalue weighted by atomic mass is 79.9. The van der Waals surface area contributed by atoms with Crippen LogP contribution in [0.15, 0.2) is 24.3 Å². The van der Waals surface area contributed by atoms with E-state index in [4.69, 9.17) is 0 Å². The Hall–Kier alpha value is -0.190. The van der Waals surface area contributed by atoms with Gasteiger partial charge in [0.25, 0.3) is 0 Å². The van der Waals surface area contributed by atoms with Gasteiger partial charge in [0.2, 0.25) is 0 Å². The minimum atomic E-state index is -1.91. The molecule has 0 saturated heterocycles. The van der Waals surface area contributed by atoms with Crippen LogP contribution in [0.3, 0.4) is 0 Å². The molecule has 0 heterocycles. The van der Waals surface area contributed by atoms with Crippen LogP contribution < -0.4 is 0 Å². The predicted octanol–water partition coefficient (Wildman–Crippen LogP) is 1.88. The number of alkyl halides is 1. The second-order valence-corrected chi connectivity index (χ2v) is 4.19. The number of rotatable bonds is 1. The zero-order chi connectivity index (χ0) is 8.27. The Kier molecular flexibility index (Phi) is 3.23. The second kappa shape index (κ2) is 3.99. The molecule has 0 saturated carbocycles. The number of fused-ring (bicyclic) bond motifs is 1. The van der Waals surface area contributed by atoms with E-state index in [1.165, 1.54) is 11.1 Å². The summed E-state index contributed by atoms with van der Waals surface area (Å²) >= 11 is 0.795. The number of hydrogen-bond acceptors (Lipinski definition) is 2. The lowest BCUT2D eigenvalue weighted by atomic mass is 9.95. The average Bonchev–Trinajstić information content (AvgIpc) is 1.98. The fraction of sp³-hybridized carbons (Fsp3) is 0.143. The molecule has 2 rings (SSSR count). The number of benzene rings is 1. The van der Waals surface area contributed by atoms with Crippen molar-refractivity contribution in [2.24, 2.45) is 0 Å². The molecule has 0 radical (unpaired) electrons. The van der Waals surface area contributed by atoms with Crippen molar-refractivity contribution in [3.8, 4) is 11.1 Å². The first-order valence-corrected chi connectivity index (χ1v) is 5.33. The highest BCUT2D eigenvalue weighted by molar-refractivity contribution is 9.10. The van der Waals surface area contributed by atoms with Gasteiger partial charge in [-0.1, -0.05) is 40.2 Å². The van der Waals surface area contributed by atoms with Gasteiger partial charge < -0.3 is 4.55 Å². The Balaban J connectivity index is 0.000000114. The van der Waals surface area contributed by atoms with Gasteiger partial charge in [-0.2, -0.15) is 0 Å². The lowest BCUT2D eigenvalue weighted by Gasteiger charge is -2.10. The van der Waals surface area contributed by atoms with Gasteiger partial charge in [0, 0.05) is 0 Å². The van der Waals surface area contributed by atoms with Gasteiger partial charge >= 0.3 is 0 Å². The molecule has 4 heteroatoms. The van der Waals surface area contributed by atoms with Crippen molar-refractivity contribution in [3.63, 3.8) is 0 Å². The van der Waals surface area contributed by atoms with Crippen LogP contribution in [0.4, 0.5) is 0 Å². The molecule has 0 fully saturated rings. The molecule has 0 aromatic carbocycles. The van der Waals surface area contributed by atoms with E-state index in [1.807, 2.05) is 0 Å². The van der Waals surface area contributed by atoms with E-state index in [0.717, 1.165) is 0 Å². The number of hydrogen-bond donors (Lipinski definition) is 0. The van der Waals surface area contributed by atoms with Crippen molar-refractivity contribution in [1.82, 2.24) is 0 Å². The molecule has 0 spiro atoms. The summed E-state index contributed by atoms with van der Waals surface area (Å²) in [5, 5.41) is 0. The Morgan fingerprint density at radius 3 is 1.55 bits per heavy atom. The summed E-state index contributed by atoms with van der Waals surface area (Å²) in [4.78, 5) is 0. The summed E-state index contributed by atoms with van der Waals surface area (Å²) in [5.74, 6) is 0. The van der Waals surface area contributed by atoms with E-state index >= 15 is 0 Å². The molecule has 0 amide bonds. The van der Waals surface area contributed by atoms with Crippen LogP contribution in [0, 0.1) is 0 Å². The van der Waals surface area contributed by atoms with Crippen LogP contribution in [-0.4, -0.2) is 13.4 Å². The minimum absolute atomic E-state index is 0.0347. The summed E-state index contributed by atoms with van der Waals surface area (Å²) in [7, 11) is 0. The molecular weight excluding hydrogens is 228 g/mol. The normalized spacial score (nSPS) is 12.9. The van der Waals surface area contributed by atoms with Gasteiger partial charge in [-0.05, 0) is 22.2 Å². The summed E-state index contributed by atoms with van der Waals surface area (Å²) < 4.78 is 18.7. The maximum absolute atomic E-state index is 9.32. The highest BCUT2D eigenvalue weighted by Gasteiger charge is 2.03. The third-order valence-electron chi connectivity index (χ3n) is 1.31. The molecule has 1 atom stereocenters. The fourth-order valence-electron chi connectivity index (χ4n) is 0.663. The van der Waals surface area contributed by atoms with Gasteiger partial charge in [0.05, 0.1) is 4.66 Å². The minimum Gasteiger partial charge on any atom is -0.772 e. The van der Waals surface area contributed by atoms with Gasteiger partial charge in [0.15, 0.2) is 0 Å². The summed E-state index contributed by atoms with van der Waals surface area (Å²) in [5.41, 5.74) is 2.85. The molecule has 60 valence electrons. The highest BCUT2D eigenvalue weighted by Crippen LogP contribution is 2.29. The molecule has 2 aliphatic carbocycles. The van der Waals surface area contributed by atoms with Crippen LogP contribution in [0.25, 0.3) is 11.1 Å². The smallest absolute Gasteiger partial charge is 0.0658 e. The molecule has 0 N–H and O–H groups in total. The van der Waals surface area contributed by atoms with E-state index in [-0.39, 0.29) is 4.66 Å². The van der Waals surface area contributed by atoms with E-state index in [1.54, 1.807) is 0 Å². The maximum Gasteiger partial charge on any atom is 0.0658 e. The lowest BCUT2D eigenvalue weighted by molar-refractivity contribution is 0.542. The van der Waals surface area contributed by atoms with Crippen molar-refractivity contribution in [3.05, 3.63) is 24.3 Å². The second-order valence-electron chi connectivity index (χ2n) is 1.99. The molecule has 11 heavy (non-hydrogen) atoms. The first-order valence-electron chi connectivity index (χ1n) is 2.96. The fourth-order valence-corrected chi connectivity index (χ4v) is 0.663. The maximum atomic E-state index is 9.32. The van der Waals surface area contributed by atoms with Crippen LogP contribution >= 0.6 is 15.9 Å². The van der Waals surface area contributed by atoms with Gasteiger partial charge in [0.1, 0.15) is 0 Å². The predicted molar refractivity (Wildman–Crippen MR) is 48.1 cm³/mol. The van der Waals surface area contributed by atoms with E-state index in [0.29, 0.717) is 0 Å². The molecule has 1 unspecified atom stereocenters. The standard InChI is InChI=1S/C6H4.CH3BrO2S/c1-2-6-4-3-5(1)6;2-1-5(3)4/h1-4H;1H2,(H,3,4)/p-1. The van der Waals surface area contributed by atoms with Crippen LogP contribution in [0.1, 0.15) is 0 Å². The first kappa shape index (κ1) is 8.90. The zero-order valence-corrected chi connectivity index (χ0v) is 8.02. The molecule has 0 bridgehead atoms. The average molecular weight is 234 g/mol. The number of halogens is 1. The molecular formula is C7H6BrO2S-. The molecule has 0 aromatic rings.